The van der Waals surface area contributed by atoms with Crippen LogP contribution in [0.4, 0.5) is 65.9 Å². The molecule has 0 aliphatic carbocycles. The summed E-state index contributed by atoms with van der Waals surface area (Å²) in [4.78, 5) is 11.0. The molecule has 0 saturated carbocycles. The molecule has 0 bridgehead atoms. The summed E-state index contributed by atoms with van der Waals surface area (Å²) < 4.78 is 196. The fraction of sp³-hybridized carbons (Fsp3) is 0.643. The highest BCUT2D eigenvalue weighted by atomic mass is 19.4. The first-order valence-electron chi connectivity index (χ1n) is 7.28. The third-order valence-corrected chi connectivity index (χ3v) is 3.58. The molecule has 0 aliphatic heterocycles. The van der Waals surface area contributed by atoms with Crippen molar-refractivity contribution in [2.24, 2.45) is 0 Å². The molecule has 0 saturated heterocycles. The Kier molecular flexibility index (Phi) is 7.56. The average molecular weight is 493 g/mol. The van der Waals surface area contributed by atoms with Crippen LogP contribution in [-0.2, 0) is 4.79 Å². The maximum atomic E-state index is 13.8. The Morgan fingerprint density at radius 1 is 0.581 bits per heavy atom. The van der Waals surface area contributed by atoms with Crippen molar-refractivity contribution in [3.8, 4) is 0 Å². The van der Waals surface area contributed by atoms with Gasteiger partial charge in [0.2, 0.25) is 0 Å². The molecule has 182 valence electrons. The zero-order chi connectivity index (χ0) is 25.5. The van der Waals surface area contributed by atoms with Crippen LogP contribution in [0.5, 0.6) is 0 Å². The number of hydrogen-bond donors (Lipinski definition) is 0. The van der Waals surface area contributed by atoms with Gasteiger partial charge in [0.25, 0.3) is 5.91 Å². The highest BCUT2D eigenvalue weighted by molar-refractivity contribution is 5.85. The van der Waals surface area contributed by atoms with Gasteiger partial charge in [-0.25, -0.2) is 0 Å². The predicted molar refractivity (Wildman–Crippen MR) is 72.7 cm³/mol. The van der Waals surface area contributed by atoms with E-state index in [-0.39, 0.29) is 0 Å². The third kappa shape index (κ3) is 4.06. The van der Waals surface area contributed by atoms with Crippen molar-refractivity contribution >= 4 is 5.91 Å². The van der Waals surface area contributed by atoms with E-state index < -0.39 is 65.6 Å². The van der Waals surface area contributed by atoms with Crippen LogP contribution in [0.3, 0.4) is 0 Å². The van der Waals surface area contributed by atoms with Crippen LogP contribution < -0.4 is 0 Å². The summed E-state index contributed by atoms with van der Waals surface area (Å²) in [7, 11) is 0. The third-order valence-electron chi connectivity index (χ3n) is 3.58. The zero-order valence-corrected chi connectivity index (χ0v) is 14.5. The molecule has 0 aliphatic rings. The second-order valence-corrected chi connectivity index (χ2v) is 5.73. The Balaban J connectivity index is 6.64. The number of rotatable bonds is 10. The van der Waals surface area contributed by atoms with Gasteiger partial charge < -0.3 is 4.90 Å². The second kappa shape index (κ2) is 8.11. The van der Waals surface area contributed by atoms with Gasteiger partial charge in [-0.05, 0) is 0 Å². The van der Waals surface area contributed by atoms with Crippen molar-refractivity contribution in [2.45, 2.75) is 41.7 Å². The molecule has 0 atom stereocenters. The zero-order valence-electron chi connectivity index (χ0n) is 14.5. The Bertz CT molecular complexity index is 684. The molecule has 0 unspecified atom stereocenters. The normalized spacial score (nSPS) is 14.9. The monoisotopic (exact) mass is 493 g/mol. The minimum absolute atomic E-state index is 0.454. The lowest BCUT2D eigenvalue weighted by Gasteiger charge is -2.41. The second-order valence-electron chi connectivity index (χ2n) is 5.73. The first-order chi connectivity index (χ1) is 13.4. The smallest absolute Gasteiger partial charge is 0.330 e. The van der Waals surface area contributed by atoms with Crippen LogP contribution in [0.15, 0.2) is 25.3 Å². The van der Waals surface area contributed by atoms with Crippen LogP contribution in [0, 0.1) is 0 Å². The van der Waals surface area contributed by atoms with Gasteiger partial charge >= 0.3 is 41.7 Å². The molecular weight excluding hydrogens is 483 g/mol. The maximum Gasteiger partial charge on any atom is 0.460 e. The SMILES string of the molecule is C=CCN(CC=C)C(=O)C(F)(F)C(F)(F)C(F)(F)C(F)(F)C(F)(F)C(F)(F)C(F)(F)F. The van der Waals surface area contributed by atoms with Gasteiger partial charge in [0.15, 0.2) is 0 Å². The summed E-state index contributed by atoms with van der Waals surface area (Å²) in [6.45, 7) is 3.48. The molecule has 0 rings (SSSR count). The van der Waals surface area contributed by atoms with Crippen LogP contribution in [-0.4, -0.2) is 65.6 Å². The van der Waals surface area contributed by atoms with Crippen molar-refractivity contribution in [1.82, 2.24) is 4.90 Å². The maximum absolute atomic E-state index is 13.8. The molecule has 17 heteroatoms. The summed E-state index contributed by atoms with van der Waals surface area (Å²) in [6.07, 6.45) is -6.60. The lowest BCUT2D eigenvalue weighted by Crippen LogP contribution is -2.74. The molecule has 0 aromatic heterocycles. The predicted octanol–water partition coefficient (Wildman–Crippen LogP) is 5.56. The van der Waals surface area contributed by atoms with Crippen molar-refractivity contribution in [1.29, 1.82) is 0 Å². The topological polar surface area (TPSA) is 20.3 Å². The summed E-state index contributed by atoms with van der Waals surface area (Å²) in [5.74, 6) is -51.4. The van der Waals surface area contributed by atoms with Gasteiger partial charge in [-0.3, -0.25) is 4.79 Å². The van der Waals surface area contributed by atoms with Crippen molar-refractivity contribution in [3.05, 3.63) is 25.3 Å². The van der Waals surface area contributed by atoms with Crippen LogP contribution in [0.2, 0.25) is 0 Å². The highest BCUT2D eigenvalue weighted by Crippen LogP contribution is 2.62. The molecule has 2 nitrogen and oxygen atoms in total. The van der Waals surface area contributed by atoms with E-state index in [0.717, 1.165) is 0 Å². The Labute approximate surface area is 163 Å². The lowest BCUT2D eigenvalue weighted by molar-refractivity contribution is -0.449. The molecule has 0 radical (unpaired) electrons. The van der Waals surface area contributed by atoms with Gasteiger partial charge in [0.05, 0.1) is 0 Å². The van der Waals surface area contributed by atoms with E-state index in [2.05, 4.69) is 13.2 Å². The molecule has 31 heavy (non-hydrogen) atoms. The summed E-state index contributed by atoms with van der Waals surface area (Å²) in [5.41, 5.74) is 0. The molecule has 1 amide bonds. The van der Waals surface area contributed by atoms with E-state index in [1.807, 2.05) is 0 Å². The molecule has 0 fully saturated rings. The fourth-order valence-electron chi connectivity index (χ4n) is 1.85. The molecule has 0 heterocycles. The number of amides is 1. The Morgan fingerprint density at radius 2 is 0.871 bits per heavy atom. The van der Waals surface area contributed by atoms with Gasteiger partial charge in [-0.1, -0.05) is 12.2 Å². The number of halogens is 15. The van der Waals surface area contributed by atoms with Crippen molar-refractivity contribution in [3.63, 3.8) is 0 Å². The van der Waals surface area contributed by atoms with Crippen LogP contribution in [0.25, 0.3) is 0 Å². The van der Waals surface area contributed by atoms with E-state index in [0.29, 0.717) is 12.2 Å². The largest absolute Gasteiger partial charge is 0.460 e. The van der Waals surface area contributed by atoms with Crippen LogP contribution in [0.1, 0.15) is 0 Å². The number of nitrogens with zero attached hydrogens (tertiary/aromatic N) is 1. The average Bonchev–Trinajstić information content (AvgIpc) is 2.58. The molecule has 0 spiro atoms. The van der Waals surface area contributed by atoms with E-state index in [4.69, 9.17) is 0 Å². The summed E-state index contributed by atoms with van der Waals surface area (Å²) in [6, 6.07) is 0. The van der Waals surface area contributed by atoms with E-state index in [1.165, 1.54) is 0 Å². The first-order valence-corrected chi connectivity index (χ1v) is 7.28. The van der Waals surface area contributed by atoms with Crippen LogP contribution >= 0.6 is 0 Å². The van der Waals surface area contributed by atoms with E-state index in [1.54, 1.807) is 0 Å². The molecular formula is C14H10F15NO. The number of alkyl halides is 15. The molecule has 0 N–H and O–H groups in total. The van der Waals surface area contributed by atoms with Gasteiger partial charge in [0.1, 0.15) is 0 Å². The highest BCUT2D eigenvalue weighted by Gasteiger charge is 2.94. The summed E-state index contributed by atoms with van der Waals surface area (Å²) in [5, 5.41) is 0. The molecule has 0 aromatic rings. The Hall–Kier alpha value is -2.10. The minimum Gasteiger partial charge on any atom is -0.330 e. The molecule has 0 aromatic carbocycles. The first kappa shape index (κ1) is 28.9. The lowest BCUT2D eigenvalue weighted by atomic mass is 9.90. The van der Waals surface area contributed by atoms with Crippen molar-refractivity contribution in [2.75, 3.05) is 13.1 Å². The van der Waals surface area contributed by atoms with Gasteiger partial charge in [0, 0.05) is 13.1 Å². The quantitative estimate of drug-likeness (QED) is 0.288. The number of hydrogen-bond acceptors (Lipinski definition) is 1. The van der Waals surface area contributed by atoms with Gasteiger partial charge in [-0.15, -0.1) is 13.2 Å². The Morgan fingerprint density at radius 3 is 1.16 bits per heavy atom. The van der Waals surface area contributed by atoms with Gasteiger partial charge in [-0.2, -0.15) is 65.9 Å². The minimum atomic E-state index is -8.44. The van der Waals surface area contributed by atoms with E-state index >= 15 is 0 Å². The van der Waals surface area contributed by atoms with Crippen molar-refractivity contribution < 1.29 is 70.7 Å². The van der Waals surface area contributed by atoms with E-state index in [9.17, 15) is 70.7 Å². The standard InChI is InChI=1S/C14H10F15NO/c1-3-5-30(6-4-2)7(31)8(15,16)9(17,18)10(19,20)11(21,22)12(23,24)13(25,26)14(27,28)29/h3-4H,1-2,5-6H2. The number of carbonyl (C=O) groups is 1. The number of carbonyl (C=O) groups excluding carboxylic acids is 1. The summed E-state index contributed by atoms with van der Waals surface area (Å²) >= 11 is 0. The fourth-order valence-corrected chi connectivity index (χ4v) is 1.85.